The van der Waals surface area contributed by atoms with Crippen molar-refractivity contribution in [3.05, 3.63) is 107 Å². The number of ketones is 4. The van der Waals surface area contributed by atoms with Crippen LogP contribution in [-0.2, 0) is 59.2 Å². The van der Waals surface area contributed by atoms with E-state index in [9.17, 15) is 52.7 Å². The highest BCUT2D eigenvalue weighted by atomic mass is 16.2. The summed E-state index contributed by atoms with van der Waals surface area (Å²) in [6.07, 6.45) is 45.8. The van der Waals surface area contributed by atoms with Gasteiger partial charge in [-0.3, -0.25) is 14.4 Å². The Hall–Kier alpha value is -5.97. The lowest BCUT2D eigenvalue weighted by atomic mass is 9.77. The summed E-state index contributed by atoms with van der Waals surface area (Å²) in [5, 5.41) is 0. The van der Waals surface area contributed by atoms with Gasteiger partial charge in [0.05, 0.1) is 0 Å². The molecule has 0 spiro atoms. The molecule has 5 rings (SSSR count). The fourth-order valence-electron chi connectivity index (χ4n) is 12.5. The van der Waals surface area contributed by atoms with Gasteiger partial charge in [-0.2, -0.15) is 0 Å². The van der Waals surface area contributed by atoms with Gasteiger partial charge in [0.2, 0.25) is 0 Å². The van der Waals surface area contributed by atoms with Crippen molar-refractivity contribution in [3.63, 3.8) is 0 Å². The average Bonchev–Trinajstić information content (AvgIpc) is 1.02. The lowest BCUT2D eigenvalue weighted by Gasteiger charge is -2.27. The van der Waals surface area contributed by atoms with Gasteiger partial charge >= 0.3 is 0 Å². The van der Waals surface area contributed by atoms with E-state index in [4.69, 9.17) is 0 Å². The van der Waals surface area contributed by atoms with Crippen LogP contribution >= 0.6 is 0 Å². The highest BCUT2D eigenvalue weighted by molar-refractivity contribution is 5.82. The van der Waals surface area contributed by atoms with Crippen molar-refractivity contribution in [1.29, 1.82) is 0 Å². The molecule has 0 aromatic heterocycles. The number of carbonyl (C=O) groups excluding carboxylic acids is 11. The summed E-state index contributed by atoms with van der Waals surface area (Å²) in [4.78, 5) is 114. The normalized spacial score (nSPS) is 18.0. The van der Waals surface area contributed by atoms with Crippen LogP contribution in [0.1, 0.15) is 389 Å². The van der Waals surface area contributed by atoms with Crippen LogP contribution in [0.3, 0.4) is 0 Å². The smallest absolute Gasteiger partial charge is 0.136 e. The molecule has 0 heterocycles. The maximum Gasteiger partial charge on any atom is 0.136 e. The van der Waals surface area contributed by atoms with Crippen LogP contribution in [0.2, 0.25) is 0 Å². The quantitative estimate of drug-likeness (QED) is 0.0460. The van der Waals surface area contributed by atoms with E-state index >= 15 is 0 Å². The van der Waals surface area contributed by atoms with Crippen molar-refractivity contribution in [1.82, 2.24) is 0 Å². The van der Waals surface area contributed by atoms with Crippen molar-refractivity contribution in [2.24, 2.45) is 82.9 Å². The van der Waals surface area contributed by atoms with Crippen molar-refractivity contribution in [3.8, 4) is 0 Å². The van der Waals surface area contributed by atoms with Crippen LogP contribution < -0.4 is 0 Å². The Bertz CT molecular complexity index is 2680. The molecular weight excluding hydrogens is 1390 g/mol. The summed E-state index contributed by atoms with van der Waals surface area (Å²) in [6.45, 7) is 53.0. The molecular formula is C101H174O11. The Morgan fingerprint density at radius 1 is 0.420 bits per heavy atom. The van der Waals surface area contributed by atoms with Crippen molar-refractivity contribution in [2.45, 2.75) is 384 Å². The third kappa shape index (κ3) is 86.4. The van der Waals surface area contributed by atoms with Gasteiger partial charge < -0.3 is 38.4 Å². The third-order valence-electron chi connectivity index (χ3n) is 20.4. The lowest BCUT2D eigenvalue weighted by molar-refractivity contribution is -0.127. The predicted molar refractivity (Wildman–Crippen MR) is 480 cm³/mol. The second-order valence-corrected chi connectivity index (χ2v) is 35.0. The highest BCUT2D eigenvalue weighted by Gasteiger charge is 2.28. The molecule has 3 aliphatic carbocycles. The second kappa shape index (κ2) is 81.6. The Kier molecular flexibility index (Phi) is 85.2. The molecule has 2 aromatic rings. The molecule has 0 N–H and O–H groups in total. The van der Waals surface area contributed by atoms with Gasteiger partial charge in [-0.15, -0.1) is 0 Å². The number of hydrogen-bond donors (Lipinski definition) is 0. The van der Waals surface area contributed by atoms with E-state index in [1.54, 1.807) is 6.92 Å². The van der Waals surface area contributed by atoms with Gasteiger partial charge in [0.15, 0.2) is 0 Å². The minimum Gasteiger partial charge on any atom is -0.303 e. The van der Waals surface area contributed by atoms with E-state index in [-0.39, 0.29) is 0 Å². The maximum atomic E-state index is 11.4. The summed E-state index contributed by atoms with van der Waals surface area (Å²) < 4.78 is 0. The number of Topliss-reactive ketones (excluding diaryl/α,β-unsaturated/α-hetero) is 4. The first kappa shape index (κ1) is 117. The lowest BCUT2D eigenvalue weighted by Crippen LogP contribution is -2.27. The minimum absolute atomic E-state index is 0.305. The molecule has 3 fully saturated rings. The molecule has 2 aromatic carbocycles. The van der Waals surface area contributed by atoms with Gasteiger partial charge in [-0.1, -0.05) is 279 Å². The maximum absolute atomic E-state index is 11.4. The number of benzene rings is 2. The Morgan fingerprint density at radius 3 is 1.19 bits per heavy atom. The molecule has 11 nitrogen and oxygen atoms in total. The van der Waals surface area contributed by atoms with Crippen LogP contribution in [0.15, 0.2) is 95.6 Å². The van der Waals surface area contributed by atoms with E-state index in [1.165, 1.54) is 79.2 Å². The van der Waals surface area contributed by atoms with Crippen LogP contribution in [0.25, 0.3) is 0 Å². The number of unbranched alkanes of at least 4 members (excludes halogenated alkanes) is 1. The van der Waals surface area contributed by atoms with Crippen molar-refractivity contribution < 1.29 is 52.7 Å². The van der Waals surface area contributed by atoms with E-state index in [0.29, 0.717) is 132 Å². The minimum atomic E-state index is 0.305. The summed E-state index contributed by atoms with van der Waals surface area (Å²) in [7, 11) is 0. The number of aldehydes is 7. The predicted octanol–water partition coefficient (Wildman–Crippen LogP) is 27.6. The molecule has 13 atom stereocenters. The largest absolute Gasteiger partial charge is 0.303 e. The number of rotatable bonds is 38. The molecule has 644 valence electrons. The van der Waals surface area contributed by atoms with E-state index in [0.717, 1.165) is 178 Å². The van der Waals surface area contributed by atoms with Crippen molar-refractivity contribution in [2.75, 3.05) is 0 Å². The zero-order chi connectivity index (χ0) is 86.6. The zero-order valence-corrected chi connectivity index (χ0v) is 76.8. The Morgan fingerprint density at radius 2 is 0.830 bits per heavy atom. The fraction of sp³-hybridized carbons (Fsp3) is 0.713. The summed E-state index contributed by atoms with van der Waals surface area (Å²) >= 11 is 0. The van der Waals surface area contributed by atoms with Gasteiger partial charge in [0.1, 0.15) is 67.1 Å². The standard InChI is InChI=1S/C15H26O.C11H14O.C10H18O.C10H12O.C10H20O.C10H18O.C8H14O.C8H16O.C7H14O.C6H10O.C6H12O/c1-13(2)7-5-8-14(3)9-6-10-15(4)11-12-16;1-10(7-8-12)9-11-5-3-2-4-6-11;1-7(2)9-5-4-8(3)6-10(9)11;1-9(7-8-11)10-5-3-2-4-6-10;2*1-9(2)5-4-6-10(3)7-8-11;1-6-3-7(2)5-8(9)4-6;1-3-4-5-8(2)6-7-9;1-4-6(2)5-7(3)8;1-5-2-3-6(7)4-5;1-3-6(2)4-5-7/h7,9,12,15H,5-6,8,10-11H2,1-4H3;2-6,8,10H,7,9H2,1H3;7-9H,4-6H2,1-3H3;2-6,8-9H,7H2,1H3;8-10H,4-7H2,1-3H3;5,8,10H,4,6-7H2,1-3H3;6-7H,3-5H2,1-2H3;7-8H,3-6H2,1-2H3;6H,4-5H2,1-3H3;5H,2-4H2,1H3;5-6H,3-4H2,1-2H3/b14-9+;;;;;;;;;;/t;;;;;;6-,7-;;;;/m......0..../s1. The Labute approximate surface area is 690 Å². The summed E-state index contributed by atoms with van der Waals surface area (Å²) in [5.74, 6) is 10.3. The first-order chi connectivity index (χ1) is 52.9. The number of hydrogen-bond acceptors (Lipinski definition) is 11. The second-order valence-electron chi connectivity index (χ2n) is 35.0. The number of carbonyl (C=O) groups is 11. The van der Waals surface area contributed by atoms with Gasteiger partial charge in [-0.05, 0) is 206 Å². The fourth-order valence-corrected chi connectivity index (χ4v) is 12.5. The molecule has 3 aliphatic rings. The topological polar surface area (TPSA) is 188 Å². The van der Waals surface area contributed by atoms with E-state index in [2.05, 4.69) is 197 Å². The molecule has 0 amide bonds. The van der Waals surface area contributed by atoms with Crippen LogP contribution in [0.4, 0.5) is 0 Å². The molecule has 3 saturated carbocycles. The summed E-state index contributed by atoms with van der Waals surface area (Å²) in [6, 6.07) is 20.3. The van der Waals surface area contributed by atoms with Gasteiger partial charge in [0.25, 0.3) is 0 Å². The Balaban J connectivity index is -0.000000278. The average molecular weight is 1560 g/mol. The molecule has 0 saturated heterocycles. The number of allylic oxidation sites excluding steroid dienone is 6. The van der Waals surface area contributed by atoms with Gasteiger partial charge in [0, 0.05) is 89.4 Å². The summed E-state index contributed by atoms with van der Waals surface area (Å²) in [5.41, 5.74) is 6.78. The molecule has 0 aliphatic heterocycles. The van der Waals surface area contributed by atoms with Gasteiger partial charge in [-0.25, -0.2) is 0 Å². The monoisotopic (exact) mass is 1560 g/mol. The SMILES string of the molecule is CC(C)=CCC/C(C)=C/CCC(C)CC=O.CC(C)=CCCC(C)CC=O.CC(C)CCCC(C)CC=O.CC(CC=O)Cc1ccccc1.CC(CC=O)c1ccccc1.CC1CCC(=O)C1.CC1CCC(C(C)C)C(=O)C1.CCC(C)CC(C)=O.CCC(C)CC=O.CCCCC(C)CC=O.C[C@@H]1CC(=O)C[C@@H](C)C1. The molecule has 11 heteroatoms. The highest BCUT2D eigenvalue weighted by Crippen LogP contribution is 2.30. The van der Waals surface area contributed by atoms with E-state index < -0.39 is 0 Å². The zero-order valence-electron chi connectivity index (χ0n) is 76.8. The molecule has 0 radical (unpaired) electrons. The first-order valence-corrected chi connectivity index (χ1v) is 44.0. The molecule has 112 heavy (non-hydrogen) atoms. The molecule has 0 bridgehead atoms. The van der Waals surface area contributed by atoms with E-state index in [1.807, 2.05) is 48.5 Å². The van der Waals surface area contributed by atoms with Crippen LogP contribution in [0, 0.1) is 82.9 Å². The van der Waals surface area contributed by atoms with Crippen LogP contribution in [-0.4, -0.2) is 67.1 Å². The third-order valence-corrected chi connectivity index (χ3v) is 20.4. The molecule has 11 unspecified atom stereocenters. The first-order valence-electron chi connectivity index (χ1n) is 44.0. The van der Waals surface area contributed by atoms with Crippen molar-refractivity contribution >= 4 is 67.1 Å². The van der Waals surface area contributed by atoms with Crippen LogP contribution in [0.5, 0.6) is 0 Å².